The van der Waals surface area contributed by atoms with Gasteiger partial charge in [-0.25, -0.2) is 15.0 Å². The minimum absolute atomic E-state index is 0.524. The average molecular weight is 322 g/mol. The first-order chi connectivity index (χ1) is 9.21. The van der Waals surface area contributed by atoms with E-state index in [1.807, 2.05) is 10.7 Å². The van der Waals surface area contributed by atoms with E-state index in [2.05, 4.69) is 49.8 Å². The lowest BCUT2D eigenvalue weighted by molar-refractivity contribution is 0.749. The Hall–Kier alpha value is -1.30. The summed E-state index contributed by atoms with van der Waals surface area (Å²) in [5, 5.41) is 4.53. The van der Waals surface area contributed by atoms with E-state index in [9.17, 15) is 0 Å². The van der Waals surface area contributed by atoms with Crippen molar-refractivity contribution in [1.82, 2.24) is 24.7 Å². The van der Waals surface area contributed by atoms with Crippen molar-refractivity contribution in [2.45, 2.75) is 45.4 Å². The maximum Gasteiger partial charge on any atom is 0.160 e. The monoisotopic (exact) mass is 321 g/mol. The summed E-state index contributed by atoms with van der Waals surface area (Å²) >= 11 is 3.46. The van der Waals surface area contributed by atoms with Crippen LogP contribution in [0.25, 0.3) is 5.82 Å². The lowest BCUT2D eigenvalue weighted by Crippen LogP contribution is -2.07. The lowest BCUT2D eigenvalue weighted by Gasteiger charge is -2.06. The fourth-order valence-electron chi connectivity index (χ4n) is 2.01. The highest BCUT2D eigenvalue weighted by atomic mass is 79.9. The minimum Gasteiger partial charge on any atom is -0.226 e. The second kappa shape index (κ2) is 5.00. The molecule has 2 heterocycles. The van der Waals surface area contributed by atoms with Gasteiger partial charge < -0.3 is 0 Å². The second-order valence-corrected chi connectivity index (χ2v) is 5.56. The fraction of sp³-hybridized carbons (Fsp3) is 0.538. The number of aromatic nitrogens is 5. The van der Waals surface area contributed by atoms with Crippen molar-refractivity contribution in [1.29, 1.82) is 0 Å². The van der Waals surface area contributed by atoms with Crippen molar-refractivity contribution in [2.24, 2.45) is 0 Å². The summed E-state index contributed by atoms with van der Waals surface area (Å²) in [5.74, 6) is 4.06. The summed E-state index contributed by atoms with van der Waals surface area (Å²) < 4.78 is 2.66. The van der Waals surface area contributed by atoms with E-state index in [0.29, 0.717) is 5.92 Å². The van der Waals surface area contributed by atoms with E-state index in [-0.39, 0.29) is 0 Å². The van der Waals surface area contributed by atoms with Crippen LogP contribution in [0.15, 0.2) is 10.7 Å². The highest BCUT2D eigenvalue weighted by Crippen LogP contribution is 2.38. The molecule has 19 heavy (non-hydrogen) atoms. The molecule has 2 aromatic rings. The normalized spacial score (nSPS) is 14.9. The van der Waals surface area contributed by atoms with Gasteiger partial charge >= 0.3 is 0 Å². The zero-order valence-electron chi connectivity index (χ0n) is 11.1. The first kappa shape index (κ1) is 12.7. The summed E-state index contributed by atoms with van der Waals surface area (Å²) in [7, 11) is 0. The van der Waals surface area contributed by atoms with Gasteiger partial charge in [0.2, 0.25) is 0 Å². The molecule has 0 amide bonds. The highest BCUT2D eigenvalue weighted by molar-refractivity contribution is 9.10. The van der Waals surface area contributed by atoms with Gasteiger partial charge in [0.15, 0.2) is 11.6 Å². The number of nitrogens with zero attached hydrogens (tertiary/aromatic N) is 5. The maximum absolute atomic E-state index is 4.64. The largest absolute Gasteiger partial charge is 0.226 e. The van der Waals surface area contributed by atoms with Gasteiger partial charge in [-0.2, -0.15) is 4.68 Å². The quantitative estimate of drug-likeness (QED) is 0.812. The fourth-order valence-corrected chi connectivity index (χ4v) is 2.40. The summed E-state index contributed by atoms with van der Waals surface area (Å²) in [6, 6.07) is 1.90. The molecule has 1 saturated carbocycles. The Morgan fingerprint density at radius 3 is 2.63 bits per heavy atom. The molecule has 2 aromatic heterocycles. The number of aryl methyl sites for hydroxylation is 2. The standard InChI is InChI=1S/C13H16BrN5/c1-3-10-16-11(4-2)19(18-10)12-7-9(14)15-13(17-12)8-5-6-8/h7-8H,3-6H2,1-2H3. The molecule has 1 fully saturated rings. The smallest absolute Gasteiger partial charge is 0.160 e. The van der Waals surface area contributed by atoms with Gasteiger partial charge in [-0.1, -0.05) is 13.8 Å². The predicted molar refractivity (Wildman–Crippen MR) is 75.4 cm³/mol. The van der Waals surface area contributed by atoms with E-state index >= 15 is 0 Å². The van der Waals surface area contributed by atoms with Crippen molar-refractivity contribution < 1.29 is 0 Å². The van der Waals surface area contributed by atoms with Gasteiger partial charge in [0.1, 0.15) is 16.3 Å². The molecule has 0 aliphatic heterocycles. The van der Waals surface area contributed by atoms with Gasteiger partial charge in [-0.3, -0.25) is 0 Å². The average Bonchev–Trinajstić information content (AvgIpc) is 3.17. The molecule has 0 atom stereocenters. The molecular formula is C13H16BrN5. The molecule has 0 N–H and O–H groups in total. The van der Waals surface area contributed by atoms with Crippen LogP contribution >= 0.6 is 15.9 Å². The molecule has 3 rings (SSSR count). The minimum atomic E-state index is 0.524. The van der Waals surface area contributed by atoms with Crippen LogP contribution in [0.4, 0.5) is 0 Å². The Labute approximate surface area is 120 Å². The van der Waals surface area contributed by atoms with Gasteiger partial charge in [-0.15, -0.1) is 5.10 Å². The van der Waals surface area contributed by atoms with Crippen LogP contribution in [0.2, 0.25) is 0 Å². The van der Waals surface area contributed by atoms with Gasteiger partial charge in [0.25, 0.3) is 0 Å². The summed E-state index contributed by atoms with van der Waals surface area (Å²) in [5.41, 5.74) is 0. The van der Waals surface area contributed by atoms with Crippen LogP contribution in [0.5, 0.6) is 0 Å². The van der Waals surface area contributed by atoms with Crippen molar-refractivity contribution in [2.75, 3.05) is 0 Å². The zero-order chi connectivity index (χ0) is 13.4. The predicted octanol–water partition coefficient (Wildman–Crippen LogP) is 2.82. The topological polar surface area (TPSA) is 56.5 Å². The third kappa shape index (κ3) is 2.54. The molecule has 0 bridgehead atoms. The van der Waals surface area contributed by atoms with Crippen LogP contribution in [-0.2, 0) is 12.8 Å². The van der Waals surface area contributed by atoms with Crippen molar-refractivity contribution in [3.8, 4) is 5.82 Å². The van der Waals surface area contributed by atoms with Gasteiger partial charge in [0.05, 0.1) is 0 Å². The Morgan fingerprint density at radius 1 is 1.21 bits per heavy atom. The molecule has 1 aliphatic carbocycles. The van der Waals surface area contributed by atoms with Crippen LogP contribution in [-0.4, -0.2) is 24.7 Å². The SMILES string of the molecule is CCc1nc(CC)n(-c2cc(Br)nc(C3CC3)n2)n1. The molecule has 100 valence electrons. The summed E-state index contributed by atoms with van der Waals surface area (Å²) in [4.78, 5) is 13.6. The first-order valence-electron chi connectivity index (χ1n) is 6.71. The number of rotatable bonds is 4. The van der Waals surface area contributed by atoms with E-state index < -0.39 is 0 Å². The molecule has 0 radical (unpaired) electrons. The molecule has 0 unspecified atom stereocenters. The summed E-state index contributed by atoms with van der Waals surface area (Å²) in [6.45, 7) is 4.14. The second-order valence-electron chi connectivity index (χ2n) is 4.74. The molecule has 5 nitrogen and oxygen atoms in total. The zero-order valence-corrected chi connectivity index (χ0v) is 12.7. The number of halogens is 1. The Kier molecular flexibility index (Phi) is 3.35. The molecule has 0 saturated heterocycles. The molecule has 0 spiro atoms. The first-order valence-corrected chi connectivity index (χ1v) is 7.50. The molecule has 0 aromatic carbocycles. The van der Waals surface area contributed by atoms with Crippen LogP contribution in [0.3, 0.4) is 0 Å². The van der Waals surface area contributed by atoms with Crippen molar-refractivity contribution >= 4 is 15.9 Å². The van der Waals surface area contributed by atoms with E-state index in [1.54, 1.807) is 0 Å². The Morgan fingerprint density at radius 2 is 2.00 bits per heavy atom. The van der Waals surface area contributed by atoms with E-state index in [4.69, 9.17) is 0 Å². The van der Waals surface area contributed by atoms with Crippen LogP contribution < -0.4 is 0 Å². The molecular weight excluding hydrogens is 306 g/mol. The van der Waals surface area contributed by atoms with Gasteiger partial charge in [0, 0.05) is 24.8 Å². The maximum atomic E-state index is 4.64. The number of hydrogen-bond donors (Lipinski definition) is 0. The van der Waals surface area contributed by atoms with E-state index in [1.165, 1.54) is 12.8 Å². The Balaban J connectivity index is 2.07. The Bertz CT molecular complexity index is 603. The molecule has 1 aliphatic rings. The highest BCUT2D eigenvalue weighted by Gasteiger charge is 2.27. The van der Waals surface area contributed by atoms with E-state index in [0.717, 1.165) is 40.7 Å². The van der Waals surface area contributed by atoms with Gasteiger partial charge in [-0.05, 0) is 28.8 Å². The van der Waals surface area contributed by atoms with Crippen LogP contribution in [0, 0.1) is 0 Å². The third-order valence-corrected chi connectivity index (χ3v) is 3.61. The van der Waals surface area contributed by atoms with Crippen molar-refractivity contribution in [3.63, 3.8) is 0 Å². The molecule has 6 heteroatoms. The van der Waals surface area contributed by atoms with Crippen molar-refractivity contribution in [3.05, 3.63) is 28.1 Å². The third-order valence-electron chi connectivity index (χ3n) is 3.21. The van der Waals surface area contributed by atoms with Crippen LogP contribution in [0.1, 0.15) is 50.1 Å². The summed E-state index contributed by atoms with van der Waals surface area (Å²) in [6.07, 6.45) is 4.05. The lowest BCUT2D eigenvalue weighted by atomic mass is 10.4. The number of hydrogen-bond acceptors (Lipinski definition) is 4.